The van der Waals surface area contributed by atoms with Gasteiger partial charge in [-0.25, -0.2) is 0 Å². The van der Waals surface area contributed by atoms with E-state index in [0.717, 1.165) is 22.8 Å². The molecule has 6 heteroatoms. The van der Waals surface area contributed by atoms with Crippen molar-refractivity contribution < 1.29 is 0 Å². The quantitative estimate of drug-likeness (QED) is 0.635. The predicted molar refractivity (Wildman–Crippen MR) is 110 cm³/mol. The van der Waals surface area contributed by atoms with Gasteiger partial charge >= 0.3 is 0 Å². The molecule has 132 valence electrons. The number of nitrogens with one attached hydrogen (secondary N) is 2. The van der Waals surface area contributed by atoms with Crippen LogP contribution in [-0.4, -0.2) is 15.1 Å². The van der Waals surface area contributed by atoms with E-state index in [1.165, 1.54) is 5.56 Å². The fourth-order valence-corrected chi connectivity index (χ4v) is 4.08. The van der Waals surface area contributed by atoms with Gasteiger partial charge in [0.2, 0.25) is 0 Å². The molecule has 0 aliphatic carbocycles. The third kappa shape index (κ3) is 2.97. The molecule has 1 aliphatic rings. The minimum Gasteiger partial charge on any atom is -0.362 e. The standard InChI is InChI=1S/C20H19ClN4S/c1-12-11-16(13(2)23-12)19-18(17-5-3-4-10-22-17)24-20(26)25(19)15-8-6-14(21)7-9-15/h3-11,18-19,23H,1-2H3,(H,24,26). The normalized spacial score (nSPS) is 19.7. The zero-order valence-electron chi connectivity index (χ0n) is 14.5. The average molecular weight is 383 g/mol. The Labute approximate surface area is 163 Å². The highest BCUT2D eigenvalue weighted by atomic mass is 35.5. The summed E-state index contributed by atoms with van der Waals surface area (Å²) < 4.78 is 0. The molecule has 1 saturated heterocycles. The number of aromatic nitrogens is 2. The molecule has 0 spiro atoms. The van der Waals surface area contributed by atoms with E-state index in [2.05, 4.69) is 40.1 Å². The van der Waals surface area contributed by atoms with Crippen molar-refractivity contribution in [2.24, 2.45) is 0 Å². The van der Waals surface area contributed by atoms with Crippen molar-refractivity contribution in [1.29, 1.82) is 0 Å². The summed E-state index contributed by atoms with van der Waals surface area (Å²) >= 11 is 11.8. The zero-order valence-corrected chi connectivity index (χ0v) is 16.1. The van der Waals surface area contributed by atoms with Crippen molar-refractivity contribution in [3.8, 4) is 0 Å². The zero-order chi connectivity index (χ0) is 18.3. The minimum absolute atomic E-state index is 0.00326. The Morgan fingerprint density at radius 1 is 1.12 bits per heavy atom. The molecule has 2 atom stereocenters. The van der Waals surface area contributed by atoms with Gasteiger partial charge in [0.15, 0.2) is 5.11 Å². The Balaban J connectivity index is 1.85. The van der Waals surface area contributed by atoms with Gasteiger partial charge in [0.05, 0.1) is 17.8 Å². The molecule has 4 nitrogen and oxygen atoms in total. The van der Waals surface area contributed by atoms with Crippen LogP contribution in [0.2, 0.25) is 5.02 Å². The van der Waals surface area contributed by atoms with Gasteiger partial charge in [0.1, 0.15) is 0 Å². The Morgan fingerprint density at radius 3 is 2.50 bits per heavy atom. The van der Waals surface area contributed by atoms with Crippen LogP contribution in [0.1, 0.15) is 34.7 Å². The van der Waals surface area contributed by atoms with Crippen LogP contribution in [0.4, 0.5) is 5.69 Å². The molecule has 3 aromatic rings. The van der Waals surface area contributed by atoms with Crippen LogP contribution in [0.25, 0.3) is 0 Å². The summed E-state index contributed by atoms with van der Waals surface area (Å²) in [5.41, 5.74) is 5.45. The molecule has 3 heterocycles. The van der Waals surface area contributed by atoms with Gasteiger partial charge in [-0.3, -0.25) is 4.98 Å². The number of benzene rings is 1. The molecule has 2 N–H and O–H groups in total. The summed E-state index contributed by atoms with van der Waals surface area (Å²) in [7, 11) is 0. The molecule has 2 aromatic heterocycles. The number of anilines is 1. The molecule has 4 rings (SSSR count). The van der Waals surface area contributed by atoms with Gasteiger partial charge in [-0.15, -0.1) is 0 Å². The lowest BCUT2D eigenvalue weighted by Gasteiger charge is -2.28. The van der Waals surface area contributed by atoms with Crippen molar-refractivity contribution in [2.45, 2.75) is 25.9 Å². The summed E-state index contributed by atoms with van der Waals surface area (Å²) in [6, 6.07) is 15.9. The maximum Gasteiger partial charge on any atom is 0.174 e. The Bertz CT molecular complexity index is 936. The molecule has 0 radical (unpaired) electrons. The van der Waals surface area contributed by atoms with Crippen molar-refractivity contribution in [3.63, 3.8) is 0 Å². The van der Waals surface area contributed by atoms with Crippen molar-refractivity contribution in [1.82, 2.24) is 15.3 Å². The minimum atomic E-state index is -0.0340. The van der Waals surface area contributed by atoms with Gasteiger partial charge in [0, 0.05) is 28.3 Å². The smallest absolute Gasteiger partial charge is 0.174 e. The Morgan fingerprint density at radius 2 is 1.88 bits per heavy atom. The van der Waals surface area contributed by atoms with E-state index in [1.807, 2.05) is 48.7 Å². The molecule has 0 saturated carbocycles. The number of rotatable bonds is 3. The lowest BCUT2D eigenvalue weighted by atomic mass is 9.96. The van der Waals surface area contributed by atoms with Crippen LogP contribution in [-0.2, 0) is 0 Å². The van der Waals surface area contributed by atoms with E-state index in [-0.39, 0.29) is 12.1 Å². The van der Waals surface area contributed by atoms with Crippen LogP contribution < -0.4 is 10.2 Å². The molecular formula is C20H19ClN4S. The molecule has 0 bridgehead atoms. The third-order valence-corrected chi connectivity index (χ3v) is 5.28. The summed E-state index contributed by atoms with van der Waals surface area (Å²) in [4.78, 5) is 10.1. The summed E-state index contributed by atoms with van der Waals surface area (Å²) in [6.45, 7) is 4.17. The SMILES string of the molecule is Cc1cc(C2C(c3ccccn3)NC(=S)N2c2ccc(Cl)cc2)c(C)[nH]1. The number of hydrogen-bond acceptors (Lipinski definition) is 2. The van der Waals surface area contributed by atoms with Gasteiger partial charge in [0.25, 0.3) is 0 Å². The number of halogens is 1. The maximum atomic E-state index is 6.08. The lowest BCUT2D eigenvalue weighted by Crippen LogP contribution is -2.29. The highest BCUT2D eigenvalue weighted by Gasteiger charge is 2.41. The van der Waals surface area contributed by atoms with Crippen molar-refractivity contribution >= 4 is 34.6 Å². The predicted octanol–water partition coefficient (Wildman–Crippen LogP) is 4.86. The van der Waals surface area contributed by atoms with Gasteiger partial charge < -0.3 is 15.2 Å². The first-order valence-electron chi connectivity index (χ1n) is 8.47. The lowest BCUT2D eigenvalue weighted by molar-refractivity contribution is 0.566. The van der Waals surface area contributed by atoms with E-state index < -0.39 is 0 Å². The Kier molecular flexibility index (Phi) is 4.42. The number of thiocarbonyl (C=S) groups is 1. The Hall–Kier alpha value is -2.37. The maximum absolute atomic E-state index is 6.08. The van der Waals surface area contributed by atoms with E-state index in [0.29, 0.717) is 10.1 Å². The van der Waals surface area contributed by atoms with Crippen LogP contribution >= 0.6 is 23.8 Å². The first-order chi connectivity index (χ1) is 12.5. The van der Waals surface area contributed by atoms with Crippen molar-refractivity contribution in [2.75, 3.05) is 4.90 Å². The van der Waals surface area contributed by atoms with Gasteiger partial charge in [-0.05, 0) is 74.1 Å². The molecule has 0 amide bonds. The number of aromatic amines is 1. The summed E-state index contributed by atoms with van der Waals surface area (Å²) in [5, 5.41) is 4.86. The topological polar surface area (TPSA) is 44.0 Å². The summed E-state index contributed by atoms with van der Waals surface area (Å²) in [6.07, 6.45) is 1.82. The largest absolute Gasteiger partial charge is 0.362 e. The molecule has 1 aromatic carbocycles. The second-order valence-electron chi connectivity index (χ2n) is 6.51. The van der Waals surface area contributed by atoms with Crippen LogP contribution in [0.15, 0.2) is 54.7 Å². The van der Waals surface area contributed by atoms with Crippen LogP contribution in [0, 0.1) is 13.8 Å². The fraction of sp³-hybridized carbons (Fsp3) is 0.200. The first kappa shape index (κ1) is 17.1. The summed E-state index contributed by atoms with van der Waals surface area (Å²) in [5.74, 6) is 0. The average Bonchev–Trinajstić information content (AvgIpc) is 3.15. The number of H-pyrrole nitrogens is 1. The highest BCUT2D eigenvalue weighted by Crippen LogP contribution is 2.42. The monoisotopic (exact) mass is 382 g/mol. The number of pyridine rings is 1. The number of hydrogen-bond donors (Lipinski definition) is 2. The number of aryl methyl sites for hydroxylation is 2. The van der Waals surface area contributed by atoms with E-state index >= 15 is 0 Å². The second-order valence-corrected chi connectivity index (χ2v) is 7.33. The molecule has 2 unspecified atom stereocenters. The molecule has 26 heavy (non-hydrogen) atoms. The van der Waals surface area contributed by atoms with Crippen LogP contribution in [0.3, 0.4) is 0 Å². The molecular weight excluding hydrogens is 364 g/mol. The molecule has 1 aliphatic heterocycles. The van der Waals surface area contributed by atoms with E-state index in [1.54, 1.807) is 0 Å². The van der Waals surface area contributed by atoms with E-state index in [4.69, 9.17) is 23.8 Å². The second kappa shape index (κ2) is 6.74. The van der Waals surface area contributed by atoms with Crippen molar-refractivity contribution in [3.05, 3.63) is 82.4 Å². The number of nitrogens with zero attached hydrogens (tertiary/aromatic N) is 2. The van der Waals surface area contributed by atoms with Gasteiger partial charge in [-0.1, -0.05) is 17.7 Å². The third-order valence-electron chi connectivity index (χ3n) is 4.71. The van der Waals surface area contributed by atoms with Crippen LogP contribution in [0.5, 0.6) is 0 Å². The molecule has 1 fully saturated rings. The first-order valence-corrected chi connectivity index (χ1v) is 9.25. The highest BCUT2D eigenvalue weighted by molar-refractivity contribution is 7.80. The van der Waals surface area contributed by atoms with E-state index in [9.17, 15) is 0 Å². The van der Waals surface area contributed by atoms with Gasteiger partial charge in [-0.2, -0.15) is 0 Å². The fourth-order valence-electron chi connectivity index (χ4n) is 3.60.